The van der Waals surface area contributed by atoms with Crippen LogP contribution in [0, 0.1) is 19.3 Å². The standard InChI is InChI=1S/C23H27ClN2O/c1-15-12-20-19(16(2)22(15)25-21(27)13-23(3,4)5)10-11-26(20)14-17-6-8-18(24)9-7-17/h6-12H,13-14H2,1-5H3,(H,25,27). The van der Waals surface area contributed by atoms with Crippen molar-refractivity contribution in [3.05, 3.63) is 64.3 Å². The number of fused-ring (bicyclic) bond motifs is 1. The van der Waals surface area contributed by atoms with Gasteiger partial charge in [-0.05, 0) is 60.2 Å². The molecule has 3 aromatic rings. The zero-order valence-electron chi connectivity index (χ0n) is 16.7. The van der Waals surface area contributed by atoms with Gasteiger partial charge in [-0.1, -0.05) is 44.5 Å². The van der Waals surface area contributed by atoms with E-state index in [1.807, 2.05) is 12.1 Å². The molecule has 0 aliphatic rings. The van der Waals surface area contributed by atoms with Crippen LogP contribution in [0.2, 0.25) is 5.02 Å². The lowest BCUT2D eigenvalue weighted by Gasteiger charge is -2.19. The molecule has 0 bridgehead atoms. The minimum atomic E-state index is -0.0299. The second-order valence-corrected chi connectivity index (χ2v) is 8.92. The van der Waals surface area contributed by atoms with Crippen molar-refractivity contribution in [2.75, 3.05) is 5.32 Å². The van der Waals surface area contributed by atoms with E-state index in [1.54, 1.807) is 0 Å². The molecule has 0 saturated carbocycles. The first-order valence-electron chi connectivity index (χ1n) is 9.27. The average molecular weight is 383 g/mol. The second-order valence-electron chi connectivity index (χ2n) is 8.48. The third-order valence-electron chi connectivity index (χ3n) is 4.75. The van der Waals surface area contributed by atoms with Crippen molar-refractivity contribution in [1.29, 1.82) is 0 Å². The molecule has 2 aromatic carbocycles. The van der Waals surface area contributed by atoms with Gasteiger partial charge in [-0.3, -0.25) is 4.79 Å². The topological polar surface area (TPSA) is 34.0 Å². The van der Waals surface area contributed by atoms with E-state index in [1.165, 1.54) is 16.5 Å². The lowest BCUT2D eigenvalue weighted by atomic mass is 9.92. The molecule has 0 atom stereocenters. The fourth-order valence-corrected chi connectivity index (χ4v) is 3.58. The first-order chi connectivity index (χ1) is 12.6. The van der Waals surface area contributed by atoms with Gasteiger partial charge in [-0.15, -0.1) is 0 Å². The Morgan fingerprint density at radius 1 is 1.11 bits per heavy atom. The SMILES string of the molecule is Cc1cc2c(ccn2Cc2ccc(Cl)cc2)c(C)c1NC(=O)CC(C)(C)C. The maximum absolute atomic E-state index is 12.4. The molecule has 0 aliphatic heterocycles. The zero-order valence-corrected chi connectivity index (χ0v) is 17.4. The minimum Gasteiger partial charge on any atom is -0.343 e. The largest absolute Gasteiger partial charge is 0.343 e. The summed E-state index contributed by atoms with van der Waals surface area (Å²) < 4.78 is 2.24. The van der Waals surface area contributed by atoms with Crippen LogP contribution in [0.1, 0.15) is 43.9 Å². The number of hydrogen-bond acceptors (Lipinski definition) is 1. The van der Waals surface area contributed by atoms with Crippen LogP contribution in [-0.2, 0) is 11.3 Å². The lowest BCUT2D eigenvalue weighted by molar-refractivity contribution is -0.117. The molecule has 0 spiro atoms. The van der Waals surface area contributed by atoms with Crippen LogP contribution in [0.4, 0.5) is 5.69 Å². The Hall–Kier alpha value is -2.26. The van der Waals surface area contributed by atoms with Crippen molar-refractivity contribution in [3.8, 4) is 0 Å². The van der Waals surface area contributed by atoms with Crippen LogP contribution in [0.25, 0.3) is 10.9 Å². The van der Waals surface area contributed by atoms with E-state index in [0.717, 1.165) is 28.4 Å². The number of halogens is 1. The molecule has 4 heteroatoms. The lowest BCUT2D eigenvalue weighted by Crippen LogP contribution is -2.20. The van der Waals surface area contributed by atoms with E-state index in [9.17, 15) is 4.79 Å². The van der Waals surface area contributed by atoms with E-state index >= 15 is 0 Å². The molecular formula is C23H27ClN2O. The third-order valence-corrected chi connectivity index (χ3v) is 5.01. The number of aryl methyl sites for hydroxylation is 2. The highest BCUT2D eigenvalue weighted by Crippen LogP contribution is 2.31. The van der Waals surface area contributed by atoms with Gasteiger partial charge in [0.2, 0.25) is 5.91 Å². The maximum Gasteiger partial charge on any atom is 0.224 e. The summed E-state index contributed by atoms with van der Waals surface area (Å²) in [5.41, 5.74) is 5.47. The van der Waals surface area contributed by atoms with Gasteiger partial charge in [0.1, 0.15) is 0 Å². The molecule has 0 unspecified atom stereocenters. The summed E-state index contributed by atoms with van der Waals surface area (Å²) >= 11 is 5.99. The summed E-state index contributed by atoms with van der Waals surface area (Å²) in [6.07, 6.45) is 2.61. The van der Waals surface area contributed by atoms with Gasteiger partial charge < -0.3 is 9.88 Å². The second kappa shape index (κ2) is 7.40. The van der Waals surface area contributed by atoms with Crippen molar-refractivity contribution >= 4 is 34.1 Å². The van der Waals surface area contributed by atoms with Gasteiger partial charge in [0.15, 0.2) is 0 Å². The normalized spacial score (nSPS) is 11.8. The van der Waals surface area contributed by atoms with Gasteiger partial charge in [0.05, 0.1) is 0 Å². The molecule has 0 radical (unpaired) electrons. The van der Waals surface area contributed by atoms with E-state index in [0.29, 0.717) is 6.42 Å². The fraction of sp³-hybridized carbons (Fsp3) is 0.348. The molecule has 1 heterocycles. The van der Waals surface area contributed by atoms with E-state index in [2.05, 4.69) is 75.0 Å². The first kappa shape index (κ1) is 19.5. The predicted octanol–water partition coefficient (Wildman–Crippen LogP) is 6.33. The summed E-state index contributed by atoms with van der Waals surface area (Å²) in [6, 6.07) is 12.2. The van der Waals surface area contributed by atoms with Gasteiger partial charge >= 0.3 is 0 Å². The molecule has 142 valence electrons. The summed E-state index contributed by atoms with van der Waals surface area (Å²) in [6.45, 7) is 11.1. The Kier molecular flexibility index (Phi) is 5.34. The number of amides is 1. The number of carbonyl (C=O) groups is 1. The van der Waals surface area contributed by atoms with Crippen LogP contribution >= 0.6 is 11.6 Å². The molecule has 0 saturated heterocycles. The Morgan fingerprint density at radius 3 is 2.41 bits per heavy atom. The number of rotatable bonds is 4. The first-order valence-corrected chi connectivity index (χ1v) is 9.65. The van der Waals surface area contributed by atoms with Crippen LogP contribution in [0.5, 0.6) is 0 Å². The van der Waals surface area contributed by atoms with E-state index in [-0.39, 0.29) is 11.3 Å². The maximum atomic E-state index is 12.4. The molecule has 3 rings (SSSR count). The number of benzene rings is 2. The molecule has 3 nitrogen and oxygen atoms in total. The van der Waals surface area contributed by atoms with E-state index in [4.69, 9.17) is 11.6 Å². The number of carbonyl (C=O) groups excluding carboxylic acids is 1. The molecule has 1 N–H and O–H groups in total. The van der Waals surface area contributed by atoms with Crippen molar-refractivity contribution in [2.45, 2.75) is 47.6 Å². The number of anilines is 1. The summed E-state index contributed by atoms with van der Waals surface area (Å²) in [5, 5.41) is 5.05. The van der Waals surface area contributed by atoms with Gasteiger partial charge in [-0.25, -0.2) is 0 Å². The molecule has 27 heavy (non-hydrogen) atoms. The number of aromatic nitrogens is 1. The smallest absolute Gasteiger partial charge is 0.224 e. The molecule has 0 aliphatic carbocycles. The molecule has 1 aromatic heterocycles. The number of nitrogens with zero attached hydrogens (tertiary/aromatic N) is 1. The predicted molar refractivity (Wildman–Crippen MR) is 115 cm³/mol. The Balaban J connectivity index is 1.92. The third kappa shape index (κ3) is 4.54. The highest BCUT2D eigenvalue weighted by molar-refractivity contribution is 6.30. The Labute approximate surface area is 166 Å². The summed E-state index contributed by atoms with van der Waals surface area (Å²) in [7, 11) is 0. The number of nitrogens with one attached hydrogen (secondary N) is 1. The van der Waals surface area contributed by atoms with Crippen molar-refractivity contribution in [1.82, 2.24) is 4.57 Å². The Bertz CT molecular complexity index is 978. The summed E-state index contributed by atoms with van der Waals surface area (Å²) in [4.78, 5) is 12.4. The van der Waals surface area contributed by atoms with Gasteiger partial charge in [0.25, 0.3) is 0 Å². The van der Waals surface area contributed by atoms with Crippen LogP contribution in [-0.4, -0.2) is 10.5 Å². The fourth-order valence-electron chi connectivity index (χ4n) is 3.45. The zero-order chi connectivity index (χ0) is 19.8. The van der Waals surface area contributed by atoms with Gasteiger partial charge in [0, 0.05) is 40.8 Å². The van der Waals surface area contributed by atoms with Crippen LogP contribution in [0.3, 0.4) is 0 Å². The average Bonchev–Trinajstić information content (AvgIpc) is 2.95. The quantitative estimate of drug-likeness (QED) is 0.561. The highest BCUT2D eigenvalue weighted by atomic mass is 35.5. The van der Waals surface area contributed by atoms with Gasteiger partial charge in [-0.2, -0.15) is 0 Å². The Morgan fingerprint density at radius 2 is 1.78 bits per heavy atom. The van der Waals surface area contributed by atoms with Crippen LogP contribution < -0.4 is 5.32 Å². The van der Waals surface area contributed by atoms with Crippen molar-refractivity contribution in [3.63, 3.8) is 0 Å². The molecule has 1 amide bonds. The number of hydrogen-bond donors (Lipinski definition) is 1. The molecular weight excluding hydrogens is 356 g/mol. The monoisotopic (exact) mass is 382 g/mol. The molecule has 0 fully saturated rings. The van der Waals surface area contributed by atoms with Crippen LogP contribution in [0.15, 0.2) is 42.6 Å². The minimum absolute atomic E-state index is 0.0299. The summed E-state index contributed by atoms with van der Waals surface area (Å²) in [5.74, 6) is 0.0636. The van der Waals surface area contributed by atoms with Crippen molar-refractivity contribution in [2.24, 2.45) is 5.41 Å². The van der Waals surface area contributed by atoms with Crippen molar-refractivity contribution < 1.29 is 4.79 Å². The highest BCUT2D eigenvalue weighted by Gasteiger charge is 2.18. The van der Waals surface area contributed by atoms with E-state index < -0.39 is 0 Å².